The highest BCUT2D eigenvalue weighted by atomic mass is 16.5. The molecule has 3 aromatic rings. The Morgan fingerprint density at radius 1 is 1.10 bits per heavy atom. The van der Waals surface area contributed by atoms with Crippen LogP contribution >= 0.6 is 0 Å². The van der Waals surface area contributed by atoms with Crippen LogP contribution in [0.5, 0.6) is 0 Å². The van der Waals surface area contributed by atoms with Gasteiger partial charge in [0.2, 0.25) is 0 Å². The molecule has 2 amide bonds. The quantitative estimate of drug-likeness (QED) is 0.662. The van der Waals surface area contributed by atoms with Gasteiger partial charge in [0.15, 0.2) is 0 Å². The predicted molar refractivity (Wildman–Crippen MR) is 121 cm³/mol. The number of anilines is 1. The van der Waals surface area contributed by atoms with Crippen LogP contribution in [0.3, 0.4) is 0 Å². The van der Waals surface area contributed by atoms with Crippen LogP contribution in [0, 0.1) is 0 Å². The number of hydrogen-bond acceptors (Lipinski definition) is 3. The van der Waals surface area contributed by atoms with Crippen molar-refractivity contribution in [2.24, 2.45) is 0 Å². The SMILES string of the molecule is C[C@@H]1CN(C(=O)Nc2cccc(-c3ncc4n3CCCC4)c2)C[C@@H](c2ccccc2)O1. The number of hydrogen-bond donors (Lipinski definition) is 1. The molecule has 2 aliphatic heterocycles. The Bertz CT molecular complexity index is 1060. The number of aromatic nitrogens is 2. The van der Waals surface area contributed by atoms with Gasteiger partial charge < -0.3 is 19.5 Å². The molecular weight excluding hydrogens is 388 g/mol. The molecular formula is C25H28N4O2. The summed E-state index contributed by atoms with van der Waals surface area (Å²) >= 11 is 0. The minimum absolute atomic E-state index is 0.0209. The van der Waals surface area contributed by atoms with Gasteiger partial charge in [-0.2, -0.15) is 0 Å². The number of carbonyl (C=O) groups excluding carboxylic acids is 1. The van der Waals surface area contributed by atoms with Crippen LogP contribution in [-0.4, -0.2) is 39.7 Å². The molecule has 0 spiro atoms. The summed E-state index contributed by atoms with van der Waals surface area (Å²) in [5.41, 5.74) is 4.21. The first-order valence-electron chi connectivity index (χ1n) is 11.1. The number of carbonyl (C=O) groups is 1. The van der Waals surface area contributed by atoms with Gasteiger partial charge >= 0.3 is 6.03 Å². The fourth-order valence-electron chi connectivity index (χ4n) is 4.57. The second kappa shape index (κ2) is 8.55. The molecule has 0 saturated carbocycles. The summed E-state index contributed by atoms with van der Waals surface area (Å²) in [6.45, 7) is 4.13. The average Bonchev–Trinajstić information content (AvgIpc) is 3.24. The third kappa shape index (κ3) is 4.21. The lowest BCUT2D eigenvalue weighted by Gasteiger charge is -2.37. The zero-order valence-electron chi connectivity index (χ0n) is 17.8. The molecule has 6 nitrogen and oxygen atoms in total. The number of morpholine rings is 1. The minimum Gasteiger partial charge on any atom is -0.367 e. The monoisotopic (exact) mass is 416 g/mol. The van der Waals surface area contributed by atoms with Gasteiger partial charge in [-0.1, -0.05) is 42.5 Å². The van der Waals surface area contributed by atoms with E-state index >= 15 is 0 Å². The summed E-state index contributed by atoms with van der Waals surface area (Å²) in [5.74, 6) is 0.981. The van der Waals surface area contributed by atoms with E-state index in [0.717, 1.165) is 35.6 Å². The summed E-state index contributed by atoms with van der Waals surface area (Å²) < 4.78 is 8.40. The standard InChI is InChI=1S/C25H28N4O2/c1-18-16-28(17-23(31-18)19-8-3-2-4-9-19)25(30)27-21-11-7-10-20(14-21)24-26-15-22-12-5-6-13-29(22)24/h2-4,7-11,14-15,18,23H,5-6,12-13,16-17H2,1H3,(H,27,30)/t18-,23+/m1/s1. The van der Waals surface area contributed by atoms with E-state index in [9.17, 15) is 4.79 Å². The van der Waals surface area contributed by atoms with Gasteiger partial charge in [0.25, 0.3) is 0 Å². The molecule has 5 rings (SSSR count). The van der Waals surface area contributed by atoms with E-state index in [0.29, 0.717) is 13.1 Å². The van der Waals surface area contributed by atoms with Crippen LogP contribution in [0.15, 0.2) is 60.8 Å². The third-order valence-corrected chi connectivity index (χ3v) is 6.09. The Hall–Kier alpha value is -3.12. The van der Waals surface area contributed by atoms with Crippen LogP contribution in [-0.2, 0) is 17.7 Å². The van der Waals surface area contributed by atoms with Crippen molar-refractivity contribution in [3.8, 4) is 11.4 Å². The summed E-state index contributed by atoms with van der Waals surface area (Å²) in [6, 6.07) is 18.0. The number of nitrogens with zero attached hydrogens (tertiary/aromatic N) is 3. The van der Waals surface area contributed by atoms with Crippen molar-refractivity contribution in [2.45, 2.75) is 44.9 Å². The predicted octanol–water partition coefficient (Wildman–Crippen LogP) is 4.88. The van der Waals surface area contributed by atoms with Gasteiger partial charge in [0, 0.05) is 36.2 Å². The van der Waals surface area contributed by atoms with Crippen molar-refractivity contribution in [3.63, 3.8) is 0 Å². The number of urea groups is 1. The van der Waals surface area contributed by atoms with E-state index in [2.05, 4.69) is 20.9 Å². The van der Waals surface area contributed by atoms with Gasteiger partial charge in [-0.3, -0.25) is 0 Å². The van der Waals surface area contributed by atoms with Gasteiger partial charge in [-0.05, 0) is 43.9 Å². The second-order valence-corrected chi connectivity index (χ2v) is 8.44. The zero-order chi connectivity index (χ0) is 21.2. The van der Waals surface area contributed by atoms with Gasteiger partial charge in [0.05, 0.1) is 12.6 Å². The van der Waals surface area contributed by atoms with E-state index in [1.54, 1.807) is 0 Å². The molecule has 1 saturated heterocycles. The topological polar surface area (TPSA) is 59.4 Å². The Balaban J connectivity index is 1.31. The molecule has 160 valence electrons. The number of ether oxygens (including phenoxy) is 1. The minimum atomic E-state index is -0.113. The number of benzene rings is 2. The Kier molecular flexibility index (Phi) is 5.47. The fraction of sp³-hybridized carbons (Fsp3) is 0.360. The molecule has 1 fully saturated rings. The molecule has 1 N–H and O–H groups in total. The lowest BCUT2D eigenvalue weighted by Crippen LogP contribution is -2.47. The van der Waals surface area contributed by atoms with Crippen LogP contribution in [0.25, 0.3) is 11.4 Å². The molecule has 2 aliphatic rings. The first-order chi connectivity index (χ1) is 15.2. The van der Waals surface area contributed by atoms with Crippen molar-refractivity contribution in [1.82, 2.24) is 14.5 Å². The lowest BCUT2D eigenvalue weighted by atomic mass is 10.1. The number of amides is 2. The highest BCUT2D eigenvalue weighted by molar-refractivity contribution is 5.90. The van der Waals surface area contributed by atoms with Crippen molar-refractivity contribution >= 4 is 11.7 Å². The molecule has 2 atom stereocenters. The van der Waals surface area contributed by atoms with Crippen molar-refractivity contribution < 1.29 is 9.53 Å². The number of nitrogens with one attached hydrogen (secondary N) is 1. The van der Waals surface area contributed by atoms with Gasteiger partial charge in [-0.25, -0.2) is 9.78 Å². The highest BCUT2D eigenvalue weighted by Crippen LogP contribution is 2.28. The summed E-state index contributed by atoms with van der Waals surface area (Å²) in [4.78, 5) is 19.6. The lowest BCUT2D eigenvalue weighted by molar-refractivity contribution is -0.0642. The maximum atomic E-state index is 13.1. The molecule has 6 heteroatoms. The maximum absolute atomic E-state index is 13.1. The molecule has 3 heterocycles. The number of aryl methyl sites for hydroxylation is 1. The number of fused-ring (bicyclic) bond motifs is 1. The van der Waals surface area contributed by atoms with E-state index in [-0.39, 0.29) is 18.2 Å². The molecule has 0 radical (unpaired) electrons. The van der Waals surface area contributed by atoms with Crippen LogP contribution in [0.1, 0.15) is 37.1 Å². The Morgan fingerprint density at radius 3 is 2.84 bits per heavy atom. The normalized spacial score (nSPS) is 20.9. The van der Waals surface area contributed by atoms with Crippen LogP contribution in [0.2, 0.25) is 0 Å². The summed E-state index contributed by atoms with van der Waals surface area (Å²) in [5, 5.41) is 3.08. The van der Waals surface area contributed by atoms with Gasteiger partial charge in [0.1, 0.15) is 11.9 Å². The van der Waals surface area contributed by atoms with Crippen molar-refractivity contribution in [2.75, 3.05) is 18.4 Å². The molecule has 0 aliphatic carbocycles. The Labute approximate surface area is 182 Å². The first-order valence-corrected chi connectivity index (χ1v) is 11.1. The van der Waals surface area contributed by atoms with E-state index in [1.165, 1.54) is 18.5 Å². The molecule has 1 aromatic heterocycles. The smallest absolute Gasteiger partial charge is 0.322 e. The molecule has 31 heavy (non-hydrogen) atoms. The number of imidazole rings is 1. The molecule has 0 unspecified atom stereocenters. The zero-order valence-corrected chi connectivity index (χ0v) is 17.8. The first kappa shape index (κ1) is 19.8. The summed E-state index contributed by atoms with van der Waals surface area (Å²) in [6.07, 6.45) is 5.35. The van der Waals surface area contributed by atoms with Crippen LogP contribution in [0.4, 0.5) is 10.5 Å². The van der Waals surface area contributed by atoms with E-state index < -0.39 is 0 Å². The summed E-state index contributed by atoms with van der Waals surface area (Å²) in [7, 11) is 0. The highest BCUT2D eigenvalue weighted by Gasteiger charge is 2.29. The van der Waals surface area contributed by atoms with Crippen molar-refractivity contribution in [3.05, 3.63) is 72.1 Å². The molecule has 2 aromatic carbocycles. The largest absolute Gasteiger partial charge is 0.367 e. The van der Waals surface area contributed by atoms with E-state index in [1.807, 2.05) is 66.6 Å². The van der Waals surface area contributed by atoms with Crippen molar-refractivity contribution in [1.29, 1.82) is 0 Å². The fourth-order valence-corrected chi connectivity index (χ4v) is 4.57. The van der Waals surface area contributed by atoms with Crippen LogP contribution < -0.4 is 5.32 Å². The number of rotatable bonds is 3. The Morgan fingerprint density at radius 2 is 1.97 bits per heavy atom. The van der Waals surface area contributed by atoms with Gasteiger partial charge in [-0.15, -0.1) is 0 Å². The van der Waals surface area contributed by atoms with E-state index in [4.69, 9.17) is 4.74 Å². The molecule has 0 bridgehead atoms. The second-order valence-electron chi connectivity index (χ2n) is 8.44. The maximum Gasteiger partial charge on any atom is 0.322 e. The third-order valence-electron chi connectivity index (χ3n) is 6.09. The average molecular weight is 417 g/mol.